The van der Waals surface area contributed by atoms with Crippen molar-refractivity contribution in [3.8, 4) is 11.8 Å². The first kappa shape index (κ1) is 21.5. The predicted octanol–water partition coefficient (Wildman–Crippen LogP) is 4.26. The number of hydrogen-bond acceptors (Lipinski definition) is 4. The summed E-state index contributed by atoms with van der Waals surface area (Å²) >= 11 is 0. The van der Waals surface area contributed by atoms with E-state index in [0.717, 1.165) is 32.1 Å². The molecule has 0 rings (SSSR count). The number of rotatable bonds is 12. The van der Waals surface area contributed by atoms with Crippen molar-refractivity contribution in [2.24, 2.45) is 5.92 Å². The molecule has 0 atom stereocenters. The molecule has 0 radical (unpaired) electrons. The van der Waals surface area contributed by atoms with Gasteiger partial charge in [-0.1, -0.05) is 45.4 Å². The van der Waals surface area contributed by atoms with Gasteiger partial charge in [0.15, 0.2) is 5.92 Å². The zero-order valence-electron chi connectivity index (χ0n) is 15.0. The monoisotopic (exact) mass is 324 g/mol. The minimum Gasteiger partial charge on any atom is -0.468 e. The minimum absolute atomic E-state index is 0.476. The highest BCUT2D eigenvalue weighted by molar-refractivity contribution is 5.94. The molecule has 0 heterocycles. The van der Waals surface area contributed by atoms with Crippen molar-refractivity contribution in [2.75, 3.05) is 14.2 Å². The Morgan fingerprint density at radius 2 is 1.26 bits per heavy atom. The molecule has 0 aliphatic heterocycles. The van der Waals surface area contributed by atoms with E-state index in [1.54, 1.807) is 0 Å². The molecule has 0 aliphatic carbocycles. The fraction of sp³-hybridized carbons (Fsp3) is 0.789. The Bertz CT molecular complexity index is 363. The van der Waals surface area contributed by atoms with Crippen LogP contribution in [-0.4, -0.2) is 26.2 Å². The molecule has 0 bridgehead atoms. The number of carbonyl (C=O) groups is 2. The van der Waals surface area contributed by atoms with Gasteiger partial charge in [-0.15, -0.1) is 11.8 Å². The van der Waals surface area contributed by atoms with Crippen LogP contribution in [0.2, 0.25) is 0 Å². The van der Waals surface area contributed by atoms with Crippen LogP contribution in [0.5, 0.6) is 0 Å². The Morgan fingerprint density at radius 3 is 1.74 bits per heavy atom. The van der Waals surface area contributed by atoms with Crippen LogP contribution >= 0.6 is 0 Å². The number of unbranched alkanes of at least 4 members (excludes halogenated alkanes) is 8. The highest BCUT2D eigenvalue weighted by Gasteiger charge is 2.27. The third-order valence-electron chi connectivity index (χ3n) is 3.80. The van der Waals surface area contributed by atoms with E-state index < -0.39 is 17.9 Å². The van der Waals surface area contributed by atoms with Gasteiger partial charge in [-0.25, -0.2) is 0 Å². The fourth-order valence-electron chi connectivity index (χ4n) is 2.35. The molecule has 0 saturated carbocycles. The third kappa shape index (κ3) is 11.7. The van der Waals surface area contributed by atoms with Crippen LogP contribution in [0, 0.1) is 17.8 Å². The first-order chi connectivity index (χ1) is 11.2. The molecule has 0 aromatic heterocycles. The second kappa shape index (κ2) is 15.4. The lowest BCUT2D eigenvalue weighted by molar-refractivity contribution is -0.159. The highest BCUT2D eigenvalue weighted by atomic mass is 16.5. The van der Waals surface area contributed by atoms with Gasteiger partial charge in [0.2, 0.25) is 0 Å². The number of ether oxygens (including phenoxy) is 2. The molecule has 0 fully saturated rings. The summed E-state index contributed by atoms with van der Waals surface area (Å²) < 4.78 is 9.26. The summed E-state index contributed by atoms with van der Waals surface area (Å²) in [6, 6.07) is 0. The van der Waals surface area contributed by atoms with Gasteiger partial charge in [0.1, 0.15) is 0 Å². The van der Waals surface area contributed by atoms with Gasteiger partial charge in [-0.05, 0) is 19.3 Å². The van der Waals surface area contributed by atoms with Gasteiger partial charge in [0, 0.05) is 12.8 Å². The van der Waals surface area contributed by atoms with E-state index in [9.17, 15) is 9.59 Å². The molecule has 0 saturated heterocycles. The number of hydrogen-bond donors (Lipinski definition) is 0. The quantitative estimate of drug-likeness (QED) is 0.233. The highest BCUT2D eigenvalue weighted by Crippen LogP contribution is 2.14. The zero-order chi connectivity index (χ0) is 17.3. The molecule has 0 spiro atoms. The number of methoxy groups -OCH3 is 2. The van der Waals surface area contributed by atoms with E-state index >= 15 is 0 Å². The van der Waals surface area contributed by atoms with Crippen LogP contribution < -0.4 is 0 Å². The maximum atomic E-state index is 11.5. The van der Waals surface area contributed by atoms with E-state index in [0.29, 0.717) is 6.42 Å². The van der Waals surface area contributed by atoms with Gasteiger partial charge in [-0.2, -0.15) is 0 Å². The molecule has 132 valence electrons. The summed E-state index contributed by atoms with van der Waals surface area (Å²) in [6.45, 7) is 2.22. The summed E-state index contributed by atoms with van der Waals surface area (Å²) in [4.78, 5) is 23.0. The minimum atomic E-state index is -0.792. The molecule has 0 aromatic carbocycles. The third-order valence-corrected chi connectivity index (χ3v) is 3.80. The van der Waals surface area contributed by atoms with Crippen LogP contribution in [0.4, 0.5) is 0 Å². The molecule has 0 N–H and O–H groups in total. The molecular weight excluding hydrogens is 292 g/mol. The Kier molecular flexibility index (Phi) is 14.4. The Hall–Kier alpha value is -1.50. The second-order valence-electron chi connectivity index (χ2n) is 5.72. The van der Waals surface area contributed by atoms with Gasteiger partial charge < -0.3 is 9.47 Å². The molecule has 0 unspecified atom stereocenters. The first-order valence-corrected chi connectivity index (χ1v) is 8.78. The van der Waals surface area contributed by atoms with Gasteiger partial charge in [0.05, 0.1) is 14.2 Å². The standard InChI is InChI=1S/C19H32O4/c1-4-5-6-7-8-9-10-11-12-13-14-15-16-17(18(20)22-2)19(21)23-3/h17H,4-9,12-16H2,1-3H3. The van der Waals surface area contributed by atoms with Crippen molar-refractivity contribution in [3.63, 3.8) is 0 Å². The predicted molar refractivity (Wildman–Crippen MR) is 91.8 cm³/mol. The van der Waals surface area contributed by atoms with Crippen molar-refractivity contribution < 1.29 is 19.1 Å². The topological polar surface area (TPSA) is 52.6 Å². The lowest BCUT2D eigenvalue weighted by atomic mass is 10.0. The van der Waals surface area contributed by atoms with E-state index in [4.69, 9.17) is 0 Å². The molecule has 4 heteroatoms. The molecule has 0 aliphatic rings. The van der Waals surface area contributed by atoms with Gasteiger partial charge in [0.25, 0.3) is 0 Å². The van der Waals surface area contributed by atoms with E-state index in [2.05, 4.69) is 28.2 Å². The van der Waals surface area contributed by atoms with E-state index in [1.165, 1.54) is 46.3 Å². The van der Waals surface area contributed by atoms with Crippen molar-refractivity contribution in [3.05, 3.63) is 0 Å². The Morgan fingerprint density at radius 1 is 0.783 bits per heavy atom. The largest absolute Gasteiger partial charge is 0.468 e. The van der Waals surface area contributed by atoms with Crippen LogP contribution in [-0.2, 0) is 19.1 Å². The second-order valence-corrected chi connectivity index (χ2v) is 5.72. The van der Waals surface area contributed by atoms with Crippen LogP contribution in [0.1, 0.15) is 77.6 Å². The summed E-state index contributed by atoms with van der Waals surface area (Å²) in [7, 11) is 2.58. The molecule has 23 heavy (non-hydrogen) atoms. The molecule has 0 amide bonds. The average molecular weight is 324 g/mol. The van der Waals surface area contributed by atoms with Crippen molar-refractivity contribution >= 4 is 11.9 Å². The molecule has 0 aromatic rings. The van der Waals surface area contributed by atoms with Gasteiger partial charge >= 0.3 is 11.9 Å². The van der Waals surface area contributed by atoms with Crippen molar-refractivity contribution in [2.45, 2.75) is 77.6 Å². The average Bonchev–Trinajstić information content (AvgIpc) is 2.57. The lowest BCUT2D eigenvalue weighted by Crippen LogP contribution is -2.26. The number of esters is 2. The normalized spacial score (nSPS) is 10.1. The fourth-order valence-corrected chi connectivity index (χ4v) is 2.35. The lowest BCUT2D eigenvalue weighted by Gasteiger charge is -2.11. The number of carbonyl (C=O) groups excluding carboxylic acids is 2. The van der Waals surface area contributed by atoms with Gasteiger partial charge in [-0.3, -0.25) is 9.59 Å². The SMILES string of the molecule is CCCCCCCC#CCCCCCC(C(=O)OC)C(=O)OC. The molecular formula is C19H32O4. The smallest absolute Gasteiger partial charge is 0.320 e. The summed E-state index contributed by atoms with van der Waals surface area (Å²) in [5.74, 6) is 4.60. The van der Waals surface area contributed by atoms with Crippen molar-refractivity contribution in [1.82, 2.24) is 0 Å². The van der Waals surface area contributed by atoms with Crippen LogP contribution in [0.15, 0.2) is 0 Å². The first-order valence-electron chi connectivity index (χ1n) is 8.78. The van der Waals surface area contributed by atoms with Crippen LogP contribution in [0.25, 0.3) is 0 Å². The summed E-state index contributed by atoms with van der Waals surface area (Å²) in [5, 5.41) is 0. The maximum absolute atomic E-state index is 11.5. The van der Waals surface area contributed by atoms with E-state index in [-0.39, 0.29) is 0 Å². The Labute approximate surface area is 141 Å². The van der Waals surface area contributed by atoms with Crippen LogP contribution in [0.3, 0.4) is 0 Å². The van der Waals surface area contributed by atoms with E-state index in [1.807, 2.05) is 0 Å². The zero-order valence-corrected chi connectivity index (χ0v) is 15.0. The summed E-state index contributed by atoms with van der Waals surface area (Å²) in [6.07, 6.45) is 11.5. The molecule has 4 nitrogen and oxygen atoms in total. The summed E-state index contributed by atoms with van der Waals surface area (Å²) in [5.41, 5.74) is 0. The van der Waals surface area contributed by atoms with Crippen molar-refractivity contribution in [1.29, 1.82) is 0 Å². The Balaban J connectivity index is 3.67. The maximum Gasteiger partial charge on any atom is 0.320 e.